The maximum atomic E-state index is 12.5. The summed E-state index contributed by atoms with van der Waals surface area (Å²) in [4.78, 5) is 23.7. The minimum absolute atomic E-state index is 0.229. The summed E-state index contributed by atoms with van der Waals surface area (Å²) in [6, 6.07) is 13.6. The molecule has 138 valence electrons. The van der Waals surface area contributed by atoms with Crippen LogP contribution in [0.1, 0.15) is 22.8 Å². The van der Waals surface area contributed by atoms with Crippen LogP contribution in [0.4, 0.5) is 5.69 Å². The molecule has 0 aliphatic heterocycles. The Morgan fingerprint density at radius 3 is 2.38 bits per heavy atom. The van der Waals surface area contributed by atoms with E-state index in [9.17, 15) is 9.59 Å². The van der Waals surface area contributed by atoms with E-state index in [0.29, 0.717) is 17.0 Å². The Hall–Kier alpha value is -1.95. The molecule has 8 heteroatoms. The molecule has 0 aliphatic carbocycles. The lowest BCUT2D eigenvalue weighted by Crippen LogP contribution is -2.48. The van der Waals surface area contributed by atoms with Crippen LogP contribution in [-0.4, -0.2) is 21.8 Å². The second-order valence-electron chi connectivity index (χ2n) is 5.54. The molecule has 1 unspecified atom stereocenters. The first-order valence-electron chi connectivity index (χ1n) is 7.64. The number of rotatable bonds is 5. The Kier molecular flexibility index (Phi) is 6.75. The number of carbonyl (C=O) groups is 2. The second-order valence-corrected chi connectivity index (χ2v) is 7.91. The zero-order chi connectivity index (χ0) is 19.3. The first kappa shape index (κ1) is 20.4. The Morgan fingerprint density at radius 2 is 1.77 bits per heavy atom. The van der Waals surface area contributed by atoms with E-state index in [4.69, 9.17) is 39.5 Å². The predicted molar refractivity (Wildman–Crippen MR) is 104 cm³/mol. The number of amides is 2. The molecule has 2 aromatic carbocycles. The van der Waals surface area contributed by atoms with Crippen molar-refractivity contribution in [2.45, 2.75) is 23.9 Å². The number of ether oxygens (including phenoxy) is 1. The molecule has 0 saturated carbocycles. The lowest BCUT2D eigenvalue weighted by Gasteiger charge is -2.26. The molecule has 0 aromatic heterocycles. The van der Waals surface area contributed by atoms with E-state index in [0.717, 1.165) is 5.56 Å². The molecule has 0 bridgehead atoms. The summed E-state index contributed by atoms with van der Waals surface area (Å²) in [5, 5.41) is 5.20. The van der Waals surface area contributed by atoms with Crippen LogP contribution in [0.5, 0.6) is 5.75 Å². The number of carbonyl (C=O) groups excluding carboxylic acids is 2. The van der Waals surface area contributed by atoms with Gasteiger partial charge < -0.3 is 15.4 Å². The lowest BCUT2D eigenvalue weighted by atomic mass is 10.1. The van der Waals surface area contributed by atoms with Gasteiger partial charge in [0.1, 0.15) is 5.75 Å². The smallest absolute Gasteiger partial charge is 0.254 e. The molecule has 2 aromatic rings. The van der Waals surface area contributed by atoms with E-state index < -0.39 is 15.9 Å². The van der Waals surface area contributed by atoms with Gasteiger partial charge in [-0.15, -0.1) is 0 Å². The molecule has 0 heterocycles. The van der Waals surface area contributed by atoms with Gasteiger partial charge in [-0.25, -0.2) is 0 Å². The molecule has 0 saturated heterocycles. The standard InChI is InChI=1S/C18H17Cl3N2O3/c1-11-6-3-4-9-15(11)16(25)23-17(18(19,20)21)26-14-8-5-7-13(10-14)22-12(2)24/h3-10,17H,1-2H3,(H,22,24)(H,23,25). The van der Waals surface area contributed by atoms with Gasteiger partial charge in [0, 0.05) is 24.2 Å². The summed E-state index contributed by atoms with van der Waals surface area (Å²) in [7, 11) is 0. The number of halogens is 3. The highest BCUT2D eigenvalue weighted by atomic mass is 35.6. The Bertz CT molecular complexity index is 806. The summed E-state index contributed by atoms with van der Waals surface area (Å²) in [5.74, 6) is -0.344. The molecule has 0 radical (unpaired) electrons. The predicted octanol–water partition coefficient (Wildman–Crippen LogP) is 4.46. The van der Waals surface area contributed by atoms with Gasteiger partial charge in [-0.1, -0.05) is 59.1 Å². The Balaban J connectivity index is 2.20. The topological polar surface area (TPSA) is 67.4 Å². The van der Waals surface area contributed by atoms with Crippen molar-refractivity contribution in [1.82, 2.24) is 5.32 Å². The number of alkyl halides is 3. The van der Waals surface area contributed by atoms with Gasteiger partial charge in [0.15, 0.2) is 0 Å². The molecule has 26 heavy (non-hydrogen) atoms. The highest BCUT2D eigenvalue weighted by Gasteiger charge is 2.36. The van der Waals surface area contributed by atoms with Gasteiger partial charge in [-0.2, -0.15) is 0 Å². The van der Waals surface area contributed by atoms with Crippen LogP contribution in [0.2, 0.25) is 0 Å². The minimum Gasteiger partial charge on any atom is -0.466 e. The molecule has 2 amide bonds. The average molecular weight is 416 g/mol. The van der Waals surface area contributed by atoms with Crippen molar-refractivity contribution in [2.24, 2.45) is 0 Å². The Labute approximate surface area is 166 Å². The molecule has 2 N–H and O–H groups in total. The molecule has 2 rings (SSSR count). The molecule has 1 atom stereocenters. The normalized spacial score (nSPS) is 12.2. The van der Waals surface area contributed by atoms with Crippen molar-refractivity contribution in [2.75, 3.05) is 5.32 Å². The van der Waals surface area contributed by atoms with Gasteiger partial charge in [-0.3, -0.25) is 9.59 Å². The van der Waals surface area contributed by atoms with Gasteiger partial charge in [0.05, 0.1) is 0 Å². The van der Waals surface area contributed by atoms with E-state index in [2.05, 4.69) is 10.6 Å². The lowest BCUT2D eigenvalue weighted by molar-refractivity contribution is -0.114. The zero-order valence-electron chi connectivity index (χ0n) is 14.1. The highest BCUT2D eigenvalue weighted by molar-refractivity contribution is 6.68. The number of nitrogens with one attached hydrogen (secondary N) is 2. The van der Waals surface area contributed by atoms with E-state index in [1.165, 1.54) is 6.92 Å². The van der Waals surface area contributed by atoms with Crippen molar-refractivity contribution < 1.29 is 14.3 Å². The van der Waals surface area contributed by atoms with Gasteiger partial charge in [0.2, 0.25) is 15.9 Å². The number of aryl methyl sites for hydroxylation is 1. The van der Waals surface area contributed by atoms with Gasteiger partial charge in [0.25, 0.3) is 5.91 Å². The van der Waals surface area contributed by atoms with Crippen molar-refractivity contribution >= 4 is 52.3 Å². The van der Waals surface area contributed by atoms with Gasteiger partial charge >= 0.3 is 0 Å². The quantitative estimate of drug-likeness (QED) is 0.560. The monoisotopic (exact) mass is 414 g/mol. The van der Waals surface area contributed by atoms with Crippen LogP contribution in [0.3, 0.4) is 0 Å². The van der Waals surface area contributed by atoms with Crippen LogP contribution in [0.15, 0.2) is 48.5 Å². The molecule has 5 nitrogen and oxygen atoms in total. The molecule has 0 aliphatic rings. The first-order chi connectivity index (χ1) is 12.2. The SMILES string of the molecule is CC(=O)Nc1cccc(OC(NC(=O)c2ccccc2C)C(Cl)(Cl)Cl)c1. The molecular formula is C18H17Cl3N2O3. The largest absolute Gasteiger partial charge is 0.466 e. The minimum atomic E-state index is -1.91. The van der Waals surface area contributed by atoms with E-state index >= 15 is 0 Å². The van der Waals surface area contributed by atoms with Crippen LogP contribution in [-0.2, 0) is 4.79 Å². The third-order valence-electron chi connectivity index (χ3n) is 3.36. The average Bonchev–Trinajstić information content (AvgIpc) is 2.53. The number of hydrogen-bond donors (Lipinski definition) is 2. The fourth-order valence-corrected chi connectivity index (χ4v) is 2.49. The maximum absolute atomic E-state index is 12.5. The summed E-state index contributed by atoms with van der Waals surface area (Å²) in [5.41, 5.74) is 1.74. The first-order valence-corrected chi connectivity index (χ1v) is 8.77. The van der Waals surface area contributed by atoms with Crippen molar-refractivity contribution in [3.63, 3.8) is 0 Å². The van der Waals surface area contributed by atoms with Crippen LogP contribution >= 0.6 is 34.8 Å². The number of benzene rings is 2. The molecule has 0 spiro atoms. The van der Waals surface area contributed by atoms with E-state index in [-0.39, 0.29) is 5.91 Å². The van der Waals surface area contributed by atoms with Crippen molar-refractivity contribution in [3.8, 4) is 5.75 Å². The molecular weight excluding hydrogens is 399 g/mol. The third-order valence-corrected chi connectivity index (χ3v) is 3.95. The maximum Gasteiger partial charge on any atom is 0.254 e. The fraction of sp³-hybridized carbons (Fsp3) is 0.222. The summed E-state index contributed by atoms with van der Waals surface area (Å²) in [6.07, 6.45) is -1.24. The van der Waals surface area contributed by atoms with E-state index in [1.807, 2.05) is 6.07 Å². The highest BCUT2D eigenvalue weighted by Crippen LogP contribution is 2.32. The Morgan fingerprint density at radius 1 is 1.08 bits per heavy atom. The second kappa shape index (κ2) is 8.62. The van der Waals surface area contributed by atoms with Crippen molar-refractivity contribution in [3.05, 3.63) is 59.7 Å². The van der Waals surface area contributed by atoms with Crippen LogP contribution < -0.4 is 15.4 Å². The molecule has 0 fully saturated rings. The summed E-state index contributed by atoms with van der Waals surface area (Å²) < 4.78 is 3.74. The number of anilines is 1. The van der Waals surface area contributed by atoms with Crippen LogP contribution in [0, 0.1) is 6.92 Å². The summed E-state index contributed by atoms with van der Waals surface area (Å²) in [6.45, 7) is 3.19. The van der Waals surface area contributed by atoms with Crippen LogP contribution in [0.25, 0.3) is 0 Å². The number of hydrogen-bond acceptors (Lipinski definition) is 3. The third kappa shape index (κ3) is 5.80. The zero-order valence-corrected chi connectivity index (χ0v) is 16.3. The van der Waals surface area contributed by atoms with Gasteiger partial charge in [-0.05, 0) is 30.7 Å². The summed E-state index contributed by atoms with van der Waals surface area (Å²) >= 11 is 17.9. The fourth-order valence-electron chi connectivity index (χ4n) is 2.19. The van der Waals surface area contributed by atoms with E-state index in [1.54, 1.807) is 49.4 Å². The van der Waals surface area contributed by atoms with Crippen molar-refractivity contribution in [1.29, 1.82) is 0 Å².